The van der Waals surface area contributed by atoms with Crippen LogP contribution in [0.2, 0.25) is 0 Å². The minimum Gasteiger partial charge on any atom is -0.508 e. The minimum atomic E-state index is -1.17. The van der Waals surface area contributed by atoms with Crippen molar-refractivity contribution < 1.29 is 34.0 Å². The predicted molar refractivity (Wildman–Crippen MR) is 115 cm³/mol. The van der Waals surface area contributed by atoms with Gasteiger partial charge in [-0.25, -0.2) is 4.79 Å². The lowest BCUT2D eigenvalue weighted by atomic mass is 9.77. The van der Waals surface area contributed by atoms with E-state index in [1.807, 2.05) is 12.1 Å². The molecule has 1 spiro atoms. The number of aromatic hydroxyl groups is 2. The zero-order valence-corrected chi connectivity index (χ0v) is 17.8. The number of carbonyl (C=O) groups excluding carboxylic acids is 2. The molecule has 0 radical (unpaired) electrons. The van der Waals surface area contributed by atoms with Gasteiger partial charge in [-0.15, -0.1) is 11.6 Å². The van der Waals surface area contributed by atoms with Gasteiger partial charge in [0.25, 0.3) is 0 Å². The number of ether oxygens (including phenoxy) is 3. The lowest BCUT2D eigenvalue weighted by molar-refractivity contribution is -0.140. The number of esters is 2. The van der Waals surface area contributed by atoms with Gasteiger partial charge in [-0.2, -0.15) is 0 Å². The van der Waals surface area contributed by atoms with Crippen molar-refractivity contribution >= 4 is 23.5 Å². The molecule has 3 aromatic carbocycles. The molecule has 0 unspecified atom stereocenters. The maximum atomic E-state index is 12.5. The van der Waals surface area contributed by atoms with Gasteiger partial charge in [-0.1, -0.05) is 18.2 Å². The van der Waals surface area contributed by atoms with Gasteiger partial charge in [-0.3, -0.25) is 4.79 Å². The van der Waals surface area contributed by atoms with Crippen molar-refractivity contribution in [2.75, 3.05) is 12.5 Å². The van der Waals surface area contributed by atoms with Crippen molar-refractivity contribution in [1.29, 1.82) is 0 Å². The second-order valence-corrected chi connectivity index (χ2v) is 7.29. The zero-order chi connectivity index (χ0) is 22.9. The molecule has 2 aliphatic heterocycles. The summed E-state index contributed by atoms with van der Waals surface area (Å²) in [7, 11) is 0. The molecule has 3 aromatic rings. The van der Waals surface area contributed by atoms with Crippen molar-refractivity contribution in [3.8, 4) is 23.0 Å². The Hall–Kier alpha value is -3.71. The summed E-state index contributed by atoms with van der Waals surface area (Å²) in [5.41, 5.74) is 1.28. The van der Waals surface area contributed by atoms with Crippen LogP contribution in [0, 0.1) is 0 Å². The first-order valence-corrected chi connectivity index (χ1v) is 10.3. The van der Waals surface area contributed by atoms with Crippen LogP contribution in [0.3, 0.4) is 0 Å². The van der Waals surface area contributed by atoms with E-state index in [2.05, 4.69) is 4.74 Å². The number of phenols is 2. The highest BCUT2D eigenvalue weighted by Crippen LogP contribution is 2.56. The van der Waals surface area contributed by atoms with E-state index in [4.69, 9.17) is 21.1 Å². The van der Waals surface area contributed by atoms with E-state index in [0.717, 1.165) is 0 Å². The molecule has 7 nitrogen and oxygen atoms in total. The molecule has 0 saturated carbocycles. The minimum absolute atomic E-state index is 0.0371. The predicted octanol–water partition coefficient (Wildman–Crippen LogP) is 4.45. The zero-order valence-electron chi connectivity index (χ0n) is 17.0. The Morgan fingerprint density at radius 2 is 1.56 bits per heavy atom. The average Bonchev–Trinajstić information content (AvgIpc) is 3.07. The van der Waals surface area contributed by atoms with Crippen molar-refractivity contribution in [1.82, 2.24) is 0 Å². The van der Waals surface area contributed by atoms with Crippen molar-refractivity contribution in [3.63, 3.8) is 0 Å². The normalized spacial score (nSPS) is 14.1. The van der Waals surface area contributed by atoms with Crippen LogP contribution in [-0.4, -0.2) is 34.6 Å². The molecular weight excluding hydrogens is 436 g/mol. The summed E-state index contributed by atoms with van der Waals surface area (Å²) in [5.74, 6) is 0.00328. The standard InChI is InChI=1S/C20H12O5.C4H7ClO2/c21-11-5-7-15-17(9-11)24-18-10-12(22)6-8-16(18)20(15)14-4-2-1-3-13(14)19(23)25-20;1-2-7-4(6)3-5/h1-10,21-22H;2-3H2,1H3. The Morgan fingerprint density at radius 1 is 0.969 bits per heavy atom. The van der Waals surface area contributed by atoms with E-state index in [-0.39, 0.29) is 23.3 Å². The number of fused-ring (bicyclic) bond motifs is 6. The third-order valence-corrected chi connectivity index (χ3v) is 5.31. The summed E-state index contributed by atoms with van der Waals surface area (Å²) >= 11 is 5.06. The largest absolute Gasteiger partial charge is 0.508 e. The molecule has 0 bridgehead atoms. The van der Waals surface area contributed by atoms with E-state index >= 15 is 0 Å². The summed E-state index contributed by atoms with van der Waals surface area (Å²) in [4.78, 5) is 22.6. The molecule has 164 valence electrons. The first kappa shape index (κ1) is 21.5. The molecule has 0 aliphatic carbocycles. The lowest BCUT2D eigenvalue weighted by Crippen LogP contribution is -2.32. The Kier molecular flexibility index (Phi) is 5.67. The maximum Gasteiger partial charge on any atom is 0.340 e. The third-order valence-electron chi connectivity index (χ3n) is 5.10. The molecule has 0 fully saturated rings. The number of phenolic OH excluding ortho intramolecular Hbond substituents is 2. The first-order valence-electron chi connectivity index (χ1n) is 9.80. The van der Waals surface area contributed by atoms with Gasteiger partial charge < -0.3 is 24.4 Å². The van der Waals surface area contributed by atoms with Crippen molar-refractivity contribution in [2.24, 2.45) is 0 Å². The fourth-order valence-corrected chi connectivity index (χ4v) is 3.93. The second-order valence-electron chi connectivity index (χ2n) is 7.02. The van der Waals surface area contributed by atoms with E-state index in [9.17, 15) is 19.8 Å². The van der Waals surface area contributed by atoms with Crippen LogP contribution in [0.1, 0.15) is 34.0 Å². The molecule has 0 amide bonds. The number of benzene rings is 3. The summed E-state index contributed by atoms with van der Waals surface area (Å²) in [6.45, 7) is 2.15. The molecule has 0 atom stereocenters. The quantitative estimate of drug-likeness (QED) is 0.435. The Labute approximate surface area is 188 Å². The number of hydrogen-bond donors (Lipinski definition) is 2. The number of rotatable bonds is 2. The maximum absolute atomic E-state index is 12.5. The number of alkyl halides is 1. The lowest BCUT2D eigenvalue weighted by Gasteiger charge is -2.36. The number of hydrogen-bond acceptors (Lipinski definition) is 7. The molecular formula is C24H19ClO7. The van der Waals surface area contributed by atoms with Crippen LogP contribution in [0.4, 0.5) is 0 Å². The van der Waals surface area contributed by atoms with Crippen LogP contribution in [0.25, 0.3) is 0 Å². The molecule has 0 saturated heterocycles. The van der Waals surface area contributed by atoms with Gasteiger partial charge in [0.15, 0.2) is 5.60 Å². The van der Waals surface area contributed by atoms with E-state index < -0.39 is 11.6 Å². The van der Waals surface area contributed by atoms with Crippen LogP contribution >= 0.6 is 11.6 Å². The molecule has 5 rings (SSSR count). The van der Waals surface area contributed by atoms with Crippen LogP contribution in [-0.2, 0) is 19.9 Å². The molecule has 0 aromatic heterocycles. The Balaban J connectivity index is 0.000000307. The Bertz CT molecular complexity index is 1150. The topological polar surface area (TPSA) is 102 Å². The molecule has 8 heteroatoms. The molecule has 32 heavy (non-hydrogen) atoms. The number of halogens is 1. The van der Waals surface area contributed by atoms with Crippen molar-refractivity contribution in [2.45, 2.75) is 12.5 Å². The summed E-state index contributed by atoms with van der Waals surface area (Å²) in [5, 5.41) is 19.7. The SMILES string of the molecule is CCOC(=O)CCl.O=C1OC2(c3ccc(O)cc3Oc3cc(O)ccc32)c2ccccc21. The van der Waals surface area contributed by atoms with Gasteiger partial charge in [0, 0.05) is 28.8 Å². The highest BCUT2D eigenvalue weighted by Gasteiger charge is 2.53. The van der Waals surface area contributed by atoms with Gasteiger partial charge >= 0.3 is 11.9 Å². The van der Waals surface area contributed by atoms with Crippen LogP contribution < -0.4 is 4.74 Å². The van der Waals surface area contributed by atoms with E-state index in [0.29, 0.717) is 40.4 Å². The van der Waals surface area contributed by atoms with Gasteiger partial charge in [0.2, 0.25) is 0 Å². The van der Waals surface area contributed by atoms with Gasteiger partial charge in [-0.05, 0) is 37.3 Å². The fourth-order valence-electron chi connectivity index (χ4n) is 3.85. The Morgan fingerprint density at radius 3 is 2.09 bits per heavy atom. The van der Waals surface area contributed by atoms with Crippen LogP contribution in [0.15, 0.2) is 60.7 Å². The number of carbonyl (C=O) groups is 2. The highest BCUT2D eigenvalue weighted by atomic mass is 35.5. The summed E-state index contributed by atoms with van der Waals surface area (Å²) in [6, 6.07) is 16.6. The fraction of sp³-hybridized carbons (Fsp3) is 0.167. The second kappa shape index (κ2) is 8.43. The highest BCUT2D eigenvalue weighted by molar-refractivity contribution is 6.26. The molecule has 2 heterocycles. The van der Waals surface area contributed by atoms with E-state index in [1.165, 1.54) is 24.3 Å². The van der Waals surface area contributed by atoms with Gasteiger partial charge in [0.1, 0.15) is 28.9 Å². The molecule has 2 N–H and O–H groups in total. The summed E-state index contributed by atoms with van der Waals surface area (Å²) in [6.07, 6.45) is 0. The smallest absolute Gasteiger partial charge is 0.340 e. The van der Waals surface area contributed by atoms with Crippen molar-refractivity contribution in [3.05, 3.63) is 82.9 Å². The van der Waals surface area contributed by atoms with Gasteiger partial charge in [0.05, 0.1) is 12.2 Å². The monoisotopic (exact) mass is 454 g/mol. The van der Waals surface area contributed by atoms with E-state index in [1.54, 1.807) is 31.2 Å². The van der Waals surface area contributed by atoms with Crippen LogP contribution in [0.5, 0.6) is 23.0 Å². The third kappa shape index (κ3) is 3.50. The average molecular weight is 455 g/mol. The first-order chi connectivity index (χ1) is 15.4. The molecule has 2 aliphatic rings. The summed E-state index contributed by atoms with van der Waals surface area (Å²) < 4.78 is 16.2.